The van der Waals surface area contributed by atoms with E-state index in [1.165, 1.54) is 23.3 Å². The van der Waals surface area contributed by atoms with Crippen LogP contribution >= 0.6 is 22.6 Å². The van der Waals surface area contributed by atoms with Crippen molar-refractivity contribution in [2.75, 3.05) is 12.4 Å². The van der Waals surface area contributed by atoms with Crippen molar-refractivity contribution in [2.45, 2.75) is 46.4 Å². The van der Waals surface area contributed by atoms with Crippen LogP contribution in [0.2, 0.25) is 0 Å². The maximum Gasteiger partial charge on any atom is 0.434 e. The molecule has 0 spiro atoms. The zero-order valence-corrected chi connectivity index (χ0v) is 24.3. The second kappa shape index (κ2) is 9.57. The summed E-state index contributed by atoms with van der Waals surface area (Å²) in [6, 6.07) is 3.41. The summed E-state index contributed by atoms with van der Waals surface area (Å²) < 4.78 is 57.6. The van der Waals surface area contributed by atoms with E-state index in [2.05, 4.69) is 15.3 Å². The van der Waals surface area contributed by atoms with Gasteiger partial charge in [-0.15, -0.1) is 0 Å². The Bertz CT molecular complexity index is 1670. The Kier molecular flexibility index (Phi) is 6.98. The molecule has 1 aromatic carbocycles. The van der Waals surface area contributed by atoms with Crippen molar-refractivity contribution in [2.24, 2.45) is 12.8 Å². The number of amides is 2. The van der Waals surface area contributed by atoms with E-state index in [0.717, 1.165) is 0 Å². The first-order chi connectivity index (χ1) is 18.0. The van der Waals surface area contributed by atoms with Crippen LogP contribution in [0.25, 0.3) is 27.8 Å². The molecule has 0 aliphatic heterocycles. The average Bonchev–Trinajstić information content (AvgIpc) is 3.26. The van der Waals surface area contributed by atoms with Gasteiger partial charge in [0.15, 0.2) is 15.2 Å². The first kappa shape index (κ1) is 28.4. The van der Waals surface area contributed by atoms with Gasteiger partial charge in [0.1, 0.15) is 22.7 Å². The number of hydrogen-bond acceptors (Lipinski definition) is 6. The number of primary amides is 1. The number of carbonyl (C=O) groups excluding carboxylic acids is 2. The molecule has 0 bridgehead atoms. The van der Waals surface area contributed by atoms with Crippen molar-refractivity contribution in [3.05, 3.63) is 38.3 Å². The molecule has 0 saturated carbocycles. The Morgan fingerprint density at radius 3 is 2.31 bits per heavy atom. The number of methoxy groups -OCH3 is 1. The highest BCUT2D eigenvalue weighted by molar-refractivity contribution is 14.1. The molecule has 2 amide bonds. The summed E-state index contributed by atoms with van der Waals surface area (Å²) in [7, 11) is 2.98. The lowest BCUT2D eigenvalue weighted by atomic mass is 10.1. The molecule has 0 unspecified atom stereocenters. The van der Waals surface area contributed by atoms with Crippen LogP contribution in [0, 0.1) is 17.7 Å². The third kappa shape index (κ3) is 4.85. The summed E-state index contributed by atoms with van der Waals surface area (Å²) in [4.78, 5) is 34.2. The van der Waals surface area contributed by atoms with Crippen molar-refractivity contribution < 1.29 is 32.2 Å². The molecular weight excluding hydrogens is 632 g/mol. The van der Waals surface area contributed by atoms with Gasteiger partial charge in [0, 0.05) is 40.6 Å². The Morgan fingerprint density at radius 1 is 1.13 bits per heavy atom. The van der Waals surface area contributed by atoms with Crippen molar-refractivity contribution in [1.29, 1.82) is 0 Å². The van der Waals surface area contributed by atoms with E-state index in [1.807, 2.05) is 22.6 Å². The van der Waals surface area contributed by atoms with Crippen LogP contribution in [0.4, 0.5) is 23.8 Å². The summed E-state index contributed by atoms with van der Waals surface area (Å²) in [6.45, 7) is 8.31. The highest BCUT2D eigenvalue weighted by Crippen LogP contribution is 2.45. The zero-order valence-electron chi connectivity index (χ0n) is 22.2. The summed E-state index contributed by atoms with van der Waals surface area (Å²) >= 11 is 1.88. The smallest absolute Gasteiger partial charge is 0.434 e. The number of nitrogens with two attached hydrogens (primary N) is 1. The van der Waals surface area contributed by atoms with Crippen molar-refractivity contribution in [3.8, 4) is 11.4 Å². The second-order valence-electron chi connectivity index (χ2n) is 9.90. The highest BCUT2D eigenvalue weighted by atomic mass is 127. The molecule has 10 nitrogen and oxygen atoms in total. The molecule has 0 aliphatic carbocycles. The molecule has 3 N–H and O–H groups in total. The van der Waals surface area contributed by atoms with Crippen LogP contribution in [-0.4, -0.2) is 43.8 Å². The van der Waals surface area contributed by atoms with Crippen LogP contribution in [0.5, 0.6) is 5.75 Å². The first-order valence-corrected chi connectivity index (χ1v) is 12.7. The van der Waals surface area contributed by atoms with Crippen LogP contribution < -0.4 is 15.8 Å². The number of benzene rings is 1. The molecule has 0 saturated heterocycles. The number of aryl methyl sites for hydroxylation is 2. The van der Waals surface area contributed by atoms with Crippen molar-refractivity contribution >= 4 is 62.5 Å². The topological polar surface area (TPSA) is 126 Å². The molecule has 4 aromatic rings. The van der Waals surface area contributed by atoms with Crippen LogP contribution in [0.15, 0.2) is 12.1 Å². The molecule has 14 heteroatoms. The van der Waals surface area contributed by atoms with Gasteiger partial charge in [0.2, 0.25) is 0 Å². The van der Waals surface area contributed by atoms with Crippen molar-refractivity contribution in [1.82, 2.24) is 19.1 Å². The van der Waals surface area contributed by atoms with Gasteiger partial charge in [-0.05, 0) is 46.2 Å². The molecule has 39 heavy (non-hydrogen) atoms. The van der Waals surface area contributed by atoms with Gasteiger partial charge in [-0.1, -0.05) is 6.07 Å². The summed E-state index contributed by atoms with van der Waals surface area (Å²) in [5.41, 5.74) is 4.23. The Balaban J connectivity index is 2.33. The van der Waals surface area contributed by atoms with E-state index in [1.54, 1.807) is 46.8 Å². The fourth-order valence-electron chi connectivity index (χ4n) is 4.51. The summed E-state index contributed by atoms with van der Waals surface area (Å²) in [5.74, 6) is -1.09. The second-order valence-corrected chi connectivity index (χ2v) is 10.9. The summed E-state index contributed by atoms with van der Waals surface area (Å²) in [5, 5.41) is 1.90. The molecule has 0 atom stereocenters. The minimum atomic E-state index is -4.99. The van der Waals surface area contributed by atoms with E-state index < -0.39 is 40.4 Å². The maximum absolute atomic E-state index is 14.5. The molecule has 0 radical (unpaired) electrons. The molecular formula is C25H26F3IN6O4. The molecule has 208 valence electrons. The number of fused-ring (bicyclic) bond motifs is 3. The van der Waals surface area contributed by atoms with Crippen LogP contribution in [0.3, 0.4) is 0 Å². The number of alkyl halides is 3. The summed E-state index contributed by atoms with van der Waals surface area (Å²) in [6.07, 6.45) is -5.99. The van der Waals surface area contributed by atoms with E-state index in [4.69, 9.17) is 15.2 Å². The zero-order chi connectivity index (χ0) is 29.2. The SMILES string of the molecule is COc1ccc(C)c(-n2c(NC(=O)OC(C)(C)C)c(C(N)=O)c3c(C(F)(F)F)nc4c(nc(I)n4C)c32)c1C. The Morgan fingerprint density at radius 2 is 1.77 bits per heavy atom. The van der Waals surface area contributed by atoms with Gasteiger partial charge in [0.05, 0.1) is 23.9 Å². The van der Waals surface area contributed by atoms with Gasteiger partial charge in [0.25, 0.3) is 5.91 Å². The number of nitrogens with one attached hydrogen (secondary N) is 1. The standard InChI is InChI=1S/C25H26F3IN6O4/c1-10-8-9-12(38-7)11(2)16(10)35-17-13(14(19(30)36)20(35)33-23(37)39-24(3,4)5)18(25(26,27)28)32-21-15(17)31-22(29)34(21)6/h8-9H,1-7H3,(H2,30,36)(H,33,37). The lowest BCUT2D eigenvalue weighted by Gasteiger charge is -2.22. The third-order valence-electron chi connectivity index (χ3n) is 6.02. The first-order valence-electron chi connectivity index (χ1n) is 11.6. The van der Waals surface area contributed by atoms with Gasteiger partial charge in [-0.3, -0.25) is 14.7 Å². The van der Waals surface area contributed by atoms with E-state index in [0.29, 0.717) is 26.4 Å². The molecule has 4 rings (SSSR count). The predicted octanol–water partition coefficient (Wildman–Crippen LogP) is 5.61. The van der Waals surface area contributed by atoms with Crippen molar-refractivity contribution in [3.63, 3.8) is 0 Å². The molecule has 3 heterocycles. The minimum Gasteiger partial charge on any atom is -0.496 e. The molecule has 0 aliphatic rings. The lowest BCUT2D eigenvalue weighted by molar-refractivity contribution is -0.139. The number of imidazole rings is 1. The van der Waals surface area contributed by atoms with Gasteiger partial charge >= 0.3 is 12.3 Å². The Labute approximate surface area is 234 Å². The highest BCUT2D eigenvalue weighted by Gasteiger charge is 2.41. The normalized spacial score (nSPS) is 12.3. The molecule has 0 fully saturated rings. The van der Waals surface area contributed by atoms with E-state index in [9.17, 15) is 22.8 Å². The predicted molar refractivity (Wildman–Crippen MR) is 147 cm³/mol. The number of ether oxygens (including phenoxy) is 2. The average molecular weight is 658 g/mol. The number of anilines is 1. The minimum absolute atomic E-state index is 0.0731. The fraction of sp³-hybridized carbons (Fsp3) is 0.360. The quantitative estimate of drug-likeness (QED) is 0.275. The number of aromatic nitrogens is 4. The number of pyridine rings is 1. The lowest BCUT2D eigenvalue weighted by Crippen LogP contribution is -2.29. The Hall–Kier alpha value is -3.56. The van der Waals surface area contributed by atoms with Gasteiger partial charge < -0.3 is 19.8 Å². The van der Waals surface area contributed by atoms with Gasteiger partial charge in [-0.2, -0.15) is 13.2 Å². The number of hydrogen-bond donors (Lipinski definition) is 2. The number of halogens is 4. The van der Waals surface area contributed by atoms with Gasteiger partial charge in [-0.25, -0.2) is 14.8 Å². The number of nitrogens with zero attached hydrogens (tertiary/aromatic N) is 4. The van der Waals surface area contributed by atoms with Crippen LogP contribution in [-0.2, 0) is 18.0 Å². The monoisotopic (exact) mass is 658 g/mol. The largest absolute Gasteiger partial charge is 0.496 e. The van der Waals surface area contributed by atoms with E-state index in [-0.39, 0.29) is 22.5 Å². The number of carbonyl (C=O) groups is 2. The van der Waals surface area contributed by atoms with Crippen LogP contribution in [0.1, 0.15) is 48.0 Å². The third-order valence-corrected chi connectivity index (χ3v) is 6.99. The fourth-order valence-corrected chi connectivity index (χ4v) is 4.98. The van der Waals surface area contributed by atoms with E-state index >= 15 is 0 Å². The number of rotatable bonds is 4. The molecule has 3 aromatic heterocycles. The maximum atomic E-state index is 14.5.